The molecule has 0 aliphatic rings. The van der Waals surface area contributed by atoms with Crippen LogP contribution in [0.25, 0.3) is 0 Å². The number of aliphatic imine (C=N–C) groups is 1. The Kier molecular flexibility index (Phi) is 4.17. The van der Waals surface area contributed by atoms with Crippen LogP contribution < -0.4 is 4.74 Å². The second-order valence-corrected chi connectivity index (χ2v) is 3.66. The first kappa shape index (κ1) is 10.8. The van der Waals surface area contributed by atoms with Gasteiger partial charge in [-0.2, -0.15) is 0 Å². The van der Waals surface area contributed by atoms with E-state index in [9.17, 15) is 0 Å². The third kappa shape index (κ3) is 3.60. The van der Waals surface area contributed by atoms with E-state index >= 15 is 0 Å². The first-order valence-electron chi connectivity index (χ1n) is 4.86. The summed E-state index contributed by atoms with van der Waals surface area (Å²) in [6.45, 7) is 5.20. The second-order valence-electron chi connectivity index (χ2n) is 3.66. The third-order valence-corrected chi connectivity index (χ3v) is 1.83. The fraction of sp³-hybridized carbons (Fsp3) is 0.417. The van der Waals surface area contributed by atoms with Crippen molar-refractivity contribution in [1.29, 1.82) is 0 Å². The van der Waals surface area contributed by atoms with Crippen LogP contribution in [0.2, 0.25) is 0 Å². The van der Waals surface area contributed by atoms with E-state index < -0.39 is 0 Å². The van der Waals surface area contributed by atoms with Crippen molar-refractivity contribution in [2.45, 2.75) is 13.8 Å². The highest BCUT2D eigenvalue weighted by atomic mass is 16.5. The molecule has 76 valence electrons. The predicted octanol–water partition coefficient (Wildman–Crippen LogP) is 2.77. The Bertz CT molecular complexity index is 288. The fourth-order valence-corrected chi connectivity index (χ4v) is 1.06. The van der Waals surface area contributed by atoms with Crippen LogP contribution in [0.15, 0.2) is 29.3 Å². The summed E-state index contributed by atoms with van der Waals surface area (Å²) in [6, 6.07) is 7.89. The predicted molar refractivity (Wildman–Crippen MR) is 60.3 cm³/mol. The van der Waals surface area contributed by atoms with E-state index in [4.69, 9.17) is 4.74 Å². The summed E-state index contributed by atoms with van der Waals surface area (Å²) in [5.41, 5.74) is 1.12. The maximum absolute atomic E-state index is 5.07. The molecule has 0 heterocycles. The van der Waals surface area contributed by atoms with Gasteiger partial charge in [0.25, 0.3) is 0 Å². The monoisotopic (exact) mass is 191 g/mol. The van der Waals surface area contributed by atoms with Gasteiger partial charge >= 0.3 is 0 Å². The molecular formula is C12H17NO. The summed E-state index contributed by atoms with van der Waals surface area (Å²) in [4.78, 5) is 4.33. The van der Waals surface area contributed by atoms with E-state index in [1.165, 1.54) is 0 Å². The van der Waals surface area contributed by atoms with Gasteiger partial charge in [0.2, 0.25) is 0 Å². The van der Waals surface area contributed by atoms with Crippen molar-refractivity contribution in [3.05, 3.63) is 29.8 Å². The van der Waals surface area contributed by atoms with Crippen LogP contribution in [-0.2, 0) is 0 Å². The molecule has 1 rings (SSSR count). The SMILES string of the molecule is COc1ccc(C=NCC(C)C)cc1. The van der Waals surface area contributed by atoms with E-state index in [0.29, 0.717) is 5.92 Å². The van der Waals surface area contributed by atoms with Gasteiger partial charge in [0.1, 0.15) is 5.75 Å². The molecule has 14 heavy (non-hydrogen) atoms. The molecule has 2 heteroatoms. The number of hydrogen-bond donors (Lipinski definition) is 0. The number of rotatable bonds is 4. The Morgan fingerprint density at radius 3 is 2.43 bits per heavy atom. The van der Waals surface area contributed by atoms with Crippen molar-refractivity contribution in [2.75, 3.05) is 13.7 Å². The molecule has 2 nitrogen and oxygen atoms in total. The van der Waals surface area contributed by atoms with Gasteiger partial charge in [0, 0.05) is 12.8 Å². The van der Waals surface area contributed by atoms with Crippen LogP contribution in [0.5, 0.6) is 5.75 Å². The van der Waals surface area contributed by atoms with Crippen molar-refractivity contribution in [3.63, 3.8) is 0 Å². The summed E-state index contributed by atoms with van der Waals surface area (Å²) in [5, 5.41) is 0. The first-order chi connectivity index (χ1) is 6.72. The zero-order valence-electron chi connectivity index (χ0n) is 9.03. The van der Waals surface area contributed by atoms with E-state index in [-0.39, 0.29) is 0 Å². The Balaban J connectivity index is 2.55. The molecule has 0 bridgehead atoms. The molecule has 0 aliphatic carbocycles. The van der Waals surface area contributed by atoms with E-state index in [1.54, 1.807) is 7.11 Å². The quantitative estimate of drug-likeness (QED) is 0.670. The topological polar surface area (TPSA) is 21.6 Å². The number of benzene rings is 1. The minimum absolute atomic E-state index is 0.615. The molecule has 0 N–H and O–H groups in total. The van der Waals surface area contributed by atoms with Gasteiger partial charge < -0.3 is 4.74 Å². The molecule has 0 aliphatic heterocycles. The number of methoxy groups -OCH3 is 1. The highest BCUT2D eigenvalue weighted by Gasteiger charge is 1.91. The van der Waals surface area contributed by atoms with Gasteiger partial charge in [-0.3, -0.25) is 4.99 Å². The lowest BCUT2D eigenvalue weighted by Gasteiger charge is -1.99. The molecular weight excluding hydrogens is 174 g/mol. The first-order valence-corrected chi connectivity index (χ1v) is 4.86. The minimum atomic E-state index is 0.615. The Hall–Kier alpha value is -1.31. The summed E-state index contributed by atoms with van der Waals surface area (Å²) in [5.74, 6) is 1.50. The van der Waals surface area contributed by atoms with E-state index in [1.807, 2.05) is 30.5 Å². The summed E-state index contributed by atoms with van der Waals surface area (Å²) in [7, 11) is 1.67. The highest BCUT2D eigenvalue weighted by molar-refractivity contribution is 5.79. The number of nitrogens with zero attached hydrogens (tertiary/aromatic N) is 1. The molecule has 0 atom stereocenters. The van der Waals surface area contributed by atoms with Crippen LogP contribution in [0, 0.1) is 5.92 Å². The van der Waals surface area contributed by atoms with Crippen LogP contribution in [0.3, 0.4) is 0 Å². The lowest BCUT2D eigenvalue weighted by atomic mass is 10.2. The normalized spacial score (nSPS) is 11.1. The zero-order chi connectivity index (χ0) is 10.4. The Morgan fingerprint density at radius 1 is 1.29 bits per heavy atom. The Labute approximate surface area is 85.6 Å². The van der Waals surface area contributed by atoms with Crippen molar-refractivity contribution in [2.24, 2.45) is 10.9 Å². The molecule has 0 spiro atoms. The largest absolute Gasteiger partial charge is 0.497 e. The molecule has 1 aromatic carbocycles. The van der Waals surface area contributed by atoms with Crippen LogP contribution in [0.1, 0.15) is 19.4 Å². The molecule has 1 aromatic rings. The molecule has 0 saturated heterocycles. The maximum atomic E-state index is 5.07. The standard InChI is InChI=1S/C12H17NO/c1-10(2)8-13-9-11-4-6-12(14-3)7-5-11/h4-7,9-10H,8H2,1-3H3. The molecule has 0 unspecified atom stereocenters. The van der Waals surface area contributed by atoms with Gasteiger partial charge in [-0.25, -0.2) is 0 Å². The van der Waals surface area contributed by atoms with Gasteiger partial charge in [0.05, 0.1) is 7.11 Å². The lowest BCUT2D eigenvalue weighted by Crippen LogP contribution is -1.92. The molecule has 0 saturated carbocycles. The molecule has 0 fully saturated rings. The summed E-state index contributed by atoms with van der Waals surface area (Å²) >= 11 is 0. The van der Waals surface area contributed by atoms with Crippen LogP contribution in [0.4, 0.5) is 0 Å². The smallest absolute Gasteiger partial charge is 0.118 e. The van der Waals surface area contributed by atoms with Crippen LogP contribution >= 0.6 is 0 Å². The maximum Gasteiger partial charge on any atom is 0.118 e. The summed E-state index contributed by atoms with van der Waals surface area (Å²) < 4.78 is 5.07. The van der Waals surface area contributed by atoms with Gasteiger partial charge in [-0.1, -0.05) is 13.8 Å². The van der Waals surface area contributed by atoms with Crippen molar-refractivity contribution in [3.8, 4) is 5.75 Å². The second kappa shape index (κ2) is 5.43. The molecule has 0 aromatic heterocycles. The number of hydrogen-bond acceptors (Lipinski definition) is 2. The lowest BCUT2D eigenvalue weighted by molar-refractivity contribution is 0.415. The fourth-order valence-electron chi connectivity index (χ4n) is 1.06. The van der Waals surface area contributed by atoms with E-state index in [0.717, 1.165) is 17.9 Å². The van der Waals surface area contributed by atoms with E-state index in [2.05, 4.69) is 18.8 Å². The van der Waals surface area contributed by atoms with Gasteiger partial charge in [-0.05, 0) is 35.7 Å². The third-order valence-electron chi connectivity index (χ3n) is 1.83. The average Bonchev–Trinajstić information content (AvgIpc) is 2.18. The summed E-state index contributed by atoms with van der Waals surface area (Å²) in [6.07, 6.45) is 1.90. The highest BCUT2D eigenvalue weighted by Crippen LogP contribution is 2.09. The average molecular weight is 191 g/mol. The molecule has 0 radical (unpaired) electrons. The van der Waals surface area contributed by atoms with Crippen molar-refractivity contribution < 1.29 is 4.74 Å². The molecule has 0 amide bonds. The van der Waals surface area contributed by atoms with Crippen LogP contribution in [-0.4, -0.2) is 19.9 Å². The minimum Gasteiger partial charge on any atom is -0.497 e. The van der Waals surface area contributed by atoms with Gasteiger partial charge in [-0.15, -0.1) is 0 Å². The number of ether oxygens (including phenoxy) is 1. The zero-order valence-corrected chi connectivity index (χ0v) is 9.03. The van der Waals surface area contributed by atoms with Crippen molar-refractivity contribution >= 4 is 6.21 Å². The van der Waals surface area contributed by atoms with Crippen molar-refractivity contribution in [1.82, 2.24) is 0 Å². The Morgan fingerprint density at radius 2 is 1.93 bits per heavy atom. The van der Waals surface area contributed by atoms with Gasteiger partial charge in [0.15, 0.2) is 0 Å².